The first-order chi connectivity index (χ1) is 12.6. The predicted octanol–water partition coefficient (Wildman–Crippen LogP) is 7.09. The van der Waals surface area contributed by atoms with Crippen LogP contribution in [0.3, 0.4) is 0 Å². The minimum absolute atomic E-state index is 0.00770. The summed E-state index contributed by atoms with van der Waals surface area (Å²) in [5.74, 6) is 3.47. The van der Waals surface area contributed by atoms with Gasteiger partial charge in [0.15, 0.2) is 5.78 Å². The van der Waals surface area contributed by atoms with Gasteiger partial charge in [-0.1, -0.05) is 77.3 Å². The van der Waals surface area contributed by atoms with Gasteiger partial charge in [-0.15, -0.1) is 17.1 Å². The Bertz CT molecular complexity index is 833. The number of carbonyl (C=O) groups excluding carboxylic acids is 1. The standard InChI is InChI=1S/C24H31ClOSi/c1-16(2)27(17(3)4,18(5)6)13-12-20-14-23(24(26)15-25)22-11-9-19(7)8-10-21(20)22/h8-11,14,16-18H,15H2,1-7H3. The number of alkyl halides is 1. The highest BCUT2D eigenvalue weighted by atomic mass is 35.5. The van der Waals surface area contributed by atoms with Crippen molar-refractivity contribution in [1.82, 2.24) is 0 Å². The number of ketones is 1. The fraction of sp³-hybridized carbons (Fsp3) is 0.458. The summed E-state index contributed by atoms with van der Waals surface area (Å²) in [6, 6.07) is 10.2. The first-order valence-electron chi connectivity index (χ1n) is 9.80. The highest BCUT2D eigenvalue weighted by Crippen LogP contribution is 2.41. The highest BCUT2D eigenvalue weighted by molar-refractivity contribution is 6.90. The third-order valence-electron chi connectivity index (χ3n) is 5.89. The van der Waals surface area contributed by atoms with Crippen molar-refractivity contribution in [1.29, 1.82) is 0 Å². The summed E-state index contributed by atoms with van der Waals surface area (Å²) >= 11 is 5.86. The number of Topliss-reactive ketones (excluding diaryl/α,β-unsaturated/α-hetero) is 1. The second-order valence-electron chi connectivity index (χ2n) is 8.41. The maximum Gasteiger partial charge on any atom is 0.178 e. The lowest BCUT2D eigenvalue weighted by Crippen LogP contribution is -2.43. The van der Waals surface area contributed by atoms with Crippen molar-refractivity contribution >= 4 is 25.5 Å². The van der Waals surface area contributed by atoms with Crippen molar-refractivity contribution in [3.8, 4) is 22.6 Å². The Morgan fingerprint density at radius 1 is 0.963 bits per heavy atom. The molecule has 0 spiro atoms. The van der Waals surface area contributed by atoms with Gasteiger partial charge in [0.2, 0.25) is 0 Å². The van der Waals surface area contributed by atoms with Gasteiger partial charge in [-0.05, 0) is 40.7 Å². The molecule has 0 aliphatic heterocycles. The summed E-state index contributed by atoms with van der Waals surface area (Å²) in [5, 5.41) is 0. The van der Waals surface area contributed by atoms with E-state index in [1.54, 1.807) is 0 Å². The number of fused-ring (bicyclic) bond motifs is 1. The lowest BCUT2D eigenvalue weighted by Gasteiger charge is -2.38. The van der Waals surface area contributed by atoms with Gasteiger partial charge in [0.1, 0.15) is 8.07 Å². The zero-order chi connectivity index (χ0) is 20.4. The van der Waals surface area contributed by atoms with E-state index in [9.17, 15) is 4.79 Å². The summed E-state index contributed by atoms with van der Waals surface area (Å²) in [7, 11) is -1.83. The van der Waals surface area contributed by atoms with Crippen LogP contribution in [0, 0.1) is 18.4 Å². The molecule has 0 atom stereocenters. The molecule has 2 aliphatic carbocycles. The Labute approximate surface area is 170 Å². The molecule has 0 saturated heterocycles. The van der Waals surface area contributed by atoms with E-state index in [1.165, 1.54) is 0 Å². The van der Waals surface area contributed by atoms with E-state index < -0.39 is 8.07 Å². The Morgan fingerprint density at radius 2 is 1.48 bits per heavy atom. The van der Waals surface area contributed by atoms with Gasteiger partial charge < -0.3 is 0 Å². The molecule has 1 nitrogen and oxygen atoms in total. The number of aryl methyl sites for hydroxylation is 1. The molecule has 0 amide bonds. The van der Waals surface area contributed by atoms with Crippen molar-refractivity contribution in [3.63, 3.8) is 0 Å². The molecule has 0 bridgehead atoms. The van der Waals surface area contributed by atoms with Gasteiger partial charge in [0, 0.05) is 11.1 Å². The fourth-order valence-electron chi connectivity index (χ4n) is 4.45. The van der Waals surface area contributed by atoms with Crippen molar-refractivity contribution < 1.29 is 4.79 Å². The summed E-state index contributed by atoms with van der Waals surface area (Å²) in [6.45, 7) is 15.9. The maximum atomic E-state index is 12.4. The number of hydrogen-bond donors (Lipinski definition) is 0. The van der Waals surface area contributed by atoms with Gasteiger partial charge in [-0.25, -0.2) is 0 Å². The molecule has 0 radical (unpaired) electrons. The molecule has 0 aromatic carbocycles. The van der Waals surface area contributed by atoms with Crippen LogP contribution in [-0.2, 0) is 0 Å². The van der Waals surface area contributed by atoms with E-state index in [1.807, 2.05) is 18.2 Å². The first-order valence-corrected chi connectivity index (χ1v) is 12.6. The monoisotopic (exact) mass is 398 g/mol. The second kappa shape index (κ2) is 8.63. The van der Waals surface area contributed by atoms with E-state index in [-0.39, 0.29) is 11.7 Å². The summed E-state index contributed by atoms with van der Waals surface area (Å²) in [4.78, 5) is 12.4. The molecule has 0 saturated carbocycles. The lowest BCUT2D eigenvalue weighted by atomic mass is 10.1. The molecule has 0 fully saturated rings. The second-order valence-corrected chi connectivity index (χ2v) is 14.3. The predicted molar refractivity (Wildman–Crippen MR) is 121 cm³/mol. The molecular formula is C24H31ClOSi. The van der Waals surface area contributed by atoms with Gasteiger partial charge in [0.25, 0.3) is 0 Å². The van der Waals surface area contributed by atoms with E-state index in [4.69, 9.17) is 11.6 Å². The smallest absolute Gasteiger partial charge is 0.178 e. The first kappa shape index (κ1) is 21.7. The Hall–Kier alpha value is -1.56. The zero-order valence-electron chi connectivity index (χ0n) is 17.6. The van der Waals surface area contributed by atoms with Crippen LogP contribution in [0.4, 0.5) is 0 Å². The SMILES string of the molecule is Cc1ccc2c(C#C[Si](C(C)C)(C(C)C)C(C)C)cc(C(=O)CCl)c-2cc1. The minimum Gasteiger partial charge on any atom is -0.293 e. The quantitative estimate of drug-likeness (QED) is 0.227. The fourth-order valence-corrected chi connectivity index (χ4v) is 9.81. The Morgan fingerprint density at radius 3 is 1.96 bits per heavy atom. The van der Waals surface area contributed by atoms with Crippen LogP contribution >= 0.6 is 11.6 Å². The van der Waals surface area contributed by atoms with Crippen LogP contribution in [0.5, 0.6) is 0 Å². The maximum absolute atomic E-state index is 12.4. The van der Waals surface area contributed by atoms with E-state index in [2.05, 4.69) is 72.1 Å². The number of halogens is 1. The normalized spacial score (nSPS) is 12.0. The molecule has 0 N–H and O–H groups in total. The van der Waals surface area contributed by atoms with Gasteiger partial charge in [-0.2, -0.15) is 0 Å². The molecule has 0 heterocycles. The average molecular weight is 399 g/mol. The van der Waals surface area contributed by atoms with Crippen molar-refractivity contribution in [2.24, 2.45) is 0 Å². The van der Waals surface area contributed by atoms with Crippen molar-refractivity contribution in [2.75, 3.05) is 5.88 Å². The number of carbonyl (C=O) groups is 1. The topological polar surface area (TPSA) is 17.1 Å². The average Bonchev–Trinajstić information content (AvgIpc) is 2.82. The summed E-state index contributed by atoms with van der Waals surface area (Å²) < 4.78 is 0. The lowest BCUT2D eigenvalue weighted by molar-refractivity contribution is 0.102. The third kappa shape index (κ3) is 4.15. The third-order valence-corrected chi connectivity index (χ3v) is 12.4. The molecule has 27 heavy (non-hydrogen) atoms. The van der Waals surface area contributed by atoms with Gasteiger partial charge >= 0.3 is 0 Å². The van der Waals surface area contributed by atoms with E-state index in [0.29, 0.717) is 22.2 Å². The van der Waals surface area contributed by atoms with Crippen LogP contribution in [0.1, 0.15) is 63.0 Å². The molecule has 0 aromatic heterocycles. The van der Waals surface area contributed by atoms with E-state index >= 15 is 0 Å². The van der Waals surface area contributed by atoms with Crippen LogP contribution < -0.4 is 0 Å². The minimum atomic E-state index is -1.83. The molecule has 0 aromatic rings. The molecule has 3 heteroatoms. The van der Waals surface area contributed by atoms with E-state index in [0.717, 1.165) is 22.3 Å². The highest BCUT2D eigenvalue weighted by Gasteiger charge is 2.41. The van der Waals surface area contributed by atoms with Crippen LogP contribution in [0.25, 0.3) is 11.1 Å². The summed E-state index contributed by atoms with van der Waals surface area (Å²) in [5.41, 5.74) is 10.3. The van der Waals surface area contributed by atoms with Crippen LogP contribution in [-0.4, -0.2) is 19.7 Å². The molecule has 2 aliphatic rings. The largest absolute Gasteiger partial charge is 0.293 e. The van der Waals surface area contributed by atoms with Gasteiger partial charge in [0.05, 0.1) is 5.88 Å². The Balaban J connectivity index is 2.71. The van der Waals surface area contributed by atoms with Crippen LogP contribution in [0.2, 0.25) is 16.6 Å². The molecular weight excluding hydrogens is 368 g/mol. The van der Waals surface area contributed by atoms with Crippen LogP contribution in [0.15, 0.2) is 30.3 Å². The number of hydrogen-bond acceptors (Lipinski definition) is 1. The molecule has 2 rings (SSSR count). The molecule has 144 valence electrons. The van der Waals surface area contributed by atoms with Gasteiger partial charge in [-0.3, -0.25) is 4.79 Å². The zero-order valence-corrected chi connectivity index (χ0v) is 19.4. The van der Waals surface area contributed by atoms with Crippen molar-refractivity contribution in [3.05, 3.63) is 47.0 Å². The number of rotatable bonds is 5. The molecule has 0 unspecified atom stereocenters. The Kier molecular flexibility index (Phi) is 6.95. The summed E-state index contributed by atoms with van der Waals surface area (Å²) in [6.07, 6.45) is 0. The van der Waals surface area contributed by atoms with Crippen molar-refractivity contribution in [2.45, 2.75) is 65.1 Å².